The van der Waals surface area contributed by atoms with E-state index < -0.39 is 12.2 Å². The van der Waals surface area contributed by atoms with Crippen molar-refractivity contribution in [2.75, 3.05) is 13.1 Å². The van der Waals surface area contributed by atoms with E-state index in [2.05, 4.69) is 5.32 Å². The van der Waals surface area contributed by atoms with E-state index >= 15 is 4.39 Å². The predicted molar refractivity (Wildman–Crippen MR) is 83.9 cm³/mol. The third kappa shape index (κ3) is 1.99. The van der Waals surface area contributed by atoms with E-state index in [0.29, 0.717) is 11.1 Å². The van der Waals surface area contributed by atoms with Crippen molar-refractivity contribution in [2.24, 2.45) is 11.3 Å². The summed E-state index contributed by atoms with van der Waals surface area (Å²) in [5, 5.41) is 3.31. The van der Waals surface area contributed by atoms with Crippen LogP contribution in [0.25, 0.3) is 0 Å². The first kappa shape index (κ1) is 14.8. The third-order valence-corrected chi connectivity index (χ3v) is 5.90. The SMILES string of the molecule is C[C@@H]1CC2(CCNCC2)[C@H](N2C(=O)c3ccccc3C2=O)[C@H]1F. The number of rotatable bonds is 1. The van der Waals surface area contributed by atoms with Gasteiger partial charge < -0.3 is 5.32 Å². The van der Waals surface area contributed by atoms with Crippen LogP contribution in [0.3, 0.4) is 0 Å². The van der Waals surface area contributed by atoms with Gasteiger partial charge in [-0.15, -0.1) is 0 Å². The molecule has 1 saturated heterocycles. The van der Waals surface area contributed by atoms with Crippen molar-refractivity contribution in [1.82, 2.24) is 10.2 Å². The van der Waals surface area contributed by atoms with Crippen molar-refractivity contribution in [3.8, 4) is 0 Å². The fraction of sp³-hybridized carbons (Fsp3) is 0.556. The molecule has 0 radical (unpaired) electrons. The number of halogens is 1. The van der Waals surface area contributed by atoms with Crippen LogP contribution in [-0.4, -0.2) is 42.0 Å². The van der Waals surface area contributed by atoms with Crippen molar-refractivity contribution in [3.63, 3.8) is 0 Å². The van der Waals surface area contributed by atoms with Gasteiger partial charge in [0.05, 0.1) is 17.2 Å². The number of nitrogens with one attached hydrogen (secondary N) is 1. The number of carbonyl (C=O) groups excluding carboxylic acids is 2. The lowest BCUT2D eigenvalue weighted by Crippen LogP contribution is -2.54. The normalized spacial score (nSPS) is 32.6. The van der Waals surface area contributed by atoms with E-state index in [0.717, 1.165) is 32.4 Å². The minimum atomic E-state index is -1.14. The fourth-order valence-corrected chi connectivity index (χ4v) is 4.82. The second-order valence-corrected chi connectivity index (χ2v) is 7.21. The second kappa shape index (κ2) is 5.13. The van der Waals surface area contributed by atoms with Crippen molar-refractivity contribution < 1.29 is 14.0 Å². The first-order chi connectivity index (χ1) is 11.1. The molecular formula is C18H21FN2O2. The molecule has 1 spiro atoms. The lowest BCUT2D eigenvalue weighted by Gasteiger charge is -2.42. The summed E-state index contributed by atoms with van der Waals surface area (Å²) in [6, 6.07) is 6.19. The number of amides is 2. The number of nitrogens with zero attached hydrogens (tertiary/aromatic N) is 1. The zero-order valence-electron chi connectivity index (χ0n) is 13.2. The van der Waals surface area contributed by atoms with Crippen LogP contribution >= 0.6 is 0 Å². The topological polar surface area (TPSA) is 49.4 Å². The van der Waals surface area contributed by atoms with E-state index in [1.807, 2.05) is 6.92 Å². The van der Waals surface area contributed by atoms with E-state index in [1.54, 1.807) is 24.3 Å². The number of piperidine rings is 1. The summed E-state index contributed by atoms with van der Waals surface area (Å²) in [6.45, 7) is 3.53. The van der Waals surface area contributed by atoms with Gasteiger partial charge >= 0.3 is 0 Å². The van der Waals surface area contributed by atoms with Gasteiger partial charge in [0.15, 0.2) is 0 Å². The van der Waals surface area contributed by atoms with Crippen LogP contribution in [0, 0.1) is 11.3 Å². The highest BCUT2D eigenvalue weighted by Crippen LogP contribution is 2.52. The Hall–Kier alpha value is -1.75. The molecule has 2 aliphatic heterocycles. The van der Waals surface area contributed by atoms with Gasteiger partial charge in [-0.3, -0.25) is 14.5 Å². The lowest BCUT2D eigenvalue weighted by molar-refractivity contribution is 0.0239. The average molecular weight is 316 g/mol. The van der Waals surface area contributed by atoms with Crippen LogP contribution in [0.1, 0.15) is 46.9 Å². The van der Waals surface area contributed by atoms with E-state index in [-0.39, 0.29) is 23.1 Å². The van der Waals surface area contributed by atoms with Gasteiger partial charge in [-0.1, -0.05) is 19.1 Å². The average Bonchev–Trinajstić information content (AvgIpc) is 2.94. The molecule has 0 bridgehead atoms. The number of imide groups is 1. The van der Waals surface area contributed by atoms with E-state index in [1.165, 1.54) is 4.90 Å². The molecule has 4 rings (SSSR count). The summed E-state index contributed by atoms with van der Waals surface area (Å²) < 4.78 is 15.1. The van der Waals surface area contributed by atoms with Gasteiger partial charge in [0, 0.05) is 0 Å². The number of carbonyl (C=O) groups is 2. The highest BCUT2D eigenvalue weighted by atomic mass is 19.1. The summed E-state index contributed by atoms with van der Waals surface area (Å²) in [4.78, 5) is 26.8. The summed E-state index contributed by atoms with van der Waals surface area (Å²) >= 11 is 0. The monoisotopic (exact) mass is 316 g/mol. The Balaban J connectivity index is 1.77. The van der Waals surface area contributed by atoms with Crippen LogP contribution in [-0.2, 0) is 0 Å². The smallest absolute Gasteiger partial charge is 0.261 e. The summed E-state index contributed by atoms with van der Waals surface area (Å²) in [6.07, 6.45) is 1.23. The molecule has 1 aromatic carbocycles. The second-order valence-electron chi connectivity index (χ2n) is 7.21. The van der Waals surface area contributed by atoms with Gasteiger partial charge in [-0.05, 0) is 55.8 Å². The molecule has 4 nitrogen and oxygen atoms in total. The fourth-order valence-electron chi connectivity index (χ4n) is 4.82. The molecule has 122 valence electrons. The standard InChI is InChI=1S/C18H21FN2O2/c1-11-10-18(6-8-20-9-7-18)15(14(11)19)21-16(22)12-4-2-3-5-13(12)17(21)23/h2-5,11,14-15,20H,6-10H2,1H3/t11-,14+,15-/m1/s1. The Morgan fingerprint density at radius 2 is 1.70 bits per heavy atom. The van der Waals surface area contributed by atoms with Crippen molar-refractivity contribution >= 4 is 11.8 Å². The molecule has 1 aromatic rings. The van der Waals surface area contributed by atoms with Gasteiger partial charge in [0.1, 0.15) is 6.17 Å². The summed E-state index contributed by atoms with van der Waals surface area (Å²) in [7, 11) is 0. The van der Waals surface area contributed by atoms with Crippen LogP contribution in [0.15, 0.2) is 24.3 Å². The van der Waals surface area contributed by atoms with Crippen LogP contribution in [0.4, 0.5) is 4.39 Å². The van der Waals surface area contributed by atoms with E-state index in [9.17, 15) is 9.59 Å². The number of fused-ring (bicyclic) bond motifs is 1. The van der Waals surface area contributed by atoms with Crippen LogP contribution in [0.5, 0.6) is 0 Å². The number of alkyl halides is 1. The van der Waals surface area contributed by atoms with Crippen molar-refractivity contribution in [2.45, 2.75) is 38.4 Å². The zero-order valence-corrected chi connectivity index (χ0v) is 13.2. The van der Waals surface area contributed by atoms with Gasteiger partial charge in [-0.25, -0.2) is 4.39 Å². The third-order valence-electron chi connectivity index (χ3n) is 5.90. The number of hydrogen-bond donors (Lipinski definition) is 1. The molecule has 1 aliphatic carbocycles. The minimum Gasteiger partial charge on any atom is -0.317 e. The first-order valence-corrected chi connectivity index (χ1v) is 8.37. The summed E-state index contributed by atoms with van der Waals surface area (Å²) in [5.74, 6) is -0.780. The van der Waals surface area contributed by atoms with Gasteiger partial charge in [0.25, 0.3) is 11.8 Å². The molecule has 2 fully saturated rings. The molecule has 3 aliphatic rings. The molecule has 2 heterocycles. The highest BCUT2D eigenvalue weighted by Gasteiger charge is 2.58. The maximum absolute atomic E-state index is 15.1. The van der Waals surface area contributed by atoms with Crippen molar-refractivity contribution in [1.29, 1.82) is 0 Å². The zero-order chi connectivity index (χ0) is 16.2. The Labute approximate surface area is 135 Å². The number of hydrogen-bond acceptors (Lipinski definition) is 3. The molecule has 0 unspecified atom stereocenters. The minimum absolute atomic E-state index is 0.123. The Morgan fingerprint density at radius 1 is 1.13 bits per heavy atom. The number of benzene rings is 1. The molecule has 5 heteroatoms. The molecule has 1 saturated carbocycles. The van der Waals surface area contributed by atoms with E-state index in [4.69, 9.17) is 0 Å². The maximum atomic E-state index is 15.1. The first-order valence-electron chi connectivity index (χ1n) is 8.37. The Morgan fingerprint density at radius 3 is 2.26 bits per heavy atom. The Bertz CT molecular complexity index is 634. The van der Waals surface area contributed by atoms with Crippen LogP contribution in [0.2, 0.25) is 0 Å². The van der Waals surface area contributed by atoms with Gasteiger partial charge in [0.2, 0.25) is 0 Å². The van der Waals surface area contributed by atoms with Crippen molar-refractivity contribution in [3.05, 3.63) is 35.4 Å². The Kier molecular flexibility index (Phi) is 3.30. The molecule has 3 atom stereocenters. The highest BCUT2D eigenvalue weighted by molar-refractivity contribution is 6.21. The molecule has 1 N–H and O–H groups in total. The maximum Gasteiger partial charge on any atom is 0.261 e. The van der Waals surface area contributed by atoms with Crippen LogP contribution < -0.4 is 5.32 Å². The molecule has 0 aromatic heterocycles. The molecular weight excluding hydrogens is 295 g/mol. The molecule has 23 heavy (non-hydrogen) atoms. The quantitative estimate of drug-likeness (QED) is 0.810. The lowest BCUT2D eigenvalue weighted by atomic mass is 9.73. The van der Waals surface area contributed by atoms with Gasteiger partial charge in [-0.2, -0.15) is 0 Å². The largest absolute Gasteiger partial charge is 0.317 e. The summed E-state index contributed by atoms with van der Waals surface area (Å²) in [5.41, 5.74) is 0.541. The molecule has 2 amide bonds. The predicted octanol–water partition coefficient (Wildman–Crippen LogP) is 2.40.